The highest BCUT2D eigenvalue weighted by atomic mass is 32.1. The van der Waals surface area contributed by atoms with Crippen molar-refractivity contribution in [2.24, 2.45) is 0 Å². The standard InChI is InChI=1S/C19H19N5O2S/c1-4-9-20-19(27)24-17-8-6-13-18(23-17)22-14(11-21-13)12-5-7-15(25-2)16(10-12)26-3/h4-8,10-11H,1,9H2,2-3H3,(H2,20,22,23,24,27). The van der Waals surface area contributed by atoms with E-state index in [9.17, 15) is 0 Å². The quantitative estimate of drug-likeness (QED) is 0.498. The summed E-state index contributed by atoms with van der Waals surface area (Å²) in [5.74, 6) is 1.86. The van der Waals surface area contributed by atoms with Crippen LogP contribution < -0.4 is 20.1 Å². The van der Waals surface area contributed by atoms with Crippen molar-refractivity contribution < 1.29 is 9.47 Å². The molecule has 0 unspecified atom stereocenters. The molecule has 0 aliphatic heterocycles. The van der Waals surface area contributed by atoms with Gasteiger partial charge in [0.15, 0.2) is 22.3 Å². The largest absolute Gasteiger partial charge is 0.493 e. The van der Waals surface area contributed by atoms with Gasteiger partial charge in [-0.15, -0.1) is 6.58 Å². The monoisotopic (exact) mass is 381 g/mol. The average Bonchev–Trinajstić information content (AvgIpc) is 2.71. The summed E-state index contributed by atoms with van der Waals surface area (Å²) in [5.41, 5.74) is 2.74. The Balaban J connectivity index is 1.92. The zero-order valence-corrected chi connectivity index (χ0v) is 15.8. The molecule has 8 heteroatoms. The van der Waals surface area contributed by atoms with E-state index in [2.05, 4.69) is 32.2 Å². The normalized spacial score (nSPS) is 10.3. The molecule has 0 saturated heterocycles. The average molecular weight is 381 g/mol. The van der Waals surface area contributed by atoms with Gasteiger partial charge in [0, 0.05) is 12.1 Å². The third-order valence-electron chi connectivity index (χ3n) is 3.73. The van der Waals surface area contributed by atoms with Crippen molar-refractivity contribution >= 4 is 34.3 Å². The lowest BCUT2D eigenvalue weighted by Gasteiger charge is -2.10. The van der Waals surface area contributed by atoms with Crippen LogP contribution in [0.15, 0.2) is 49.2 Å². The molecule has 2 aromatic heterocycles. The number of pyridine rings is 1. The minimum absolute atomic E-state index is 0.464. The van der Waals surface area contributed by atoms with Crippen LogP contribution in [-0.4, -0.2) is 40.8 Å². The predicted molar refractivity (Wildman–Crippen MR) is 110 cm³/mol. The van der Waals surface area contributed by atoms with E-state index in [1.807, 2.05) is 24.3 Å². The Morgan fingerprint density at radius 2 is 1.96 bits per heavy atom. The van der Waals surface area contributed by atoms with Crippen LogP contribution in [-0.2, 0) is 0 Å². The number of fused-ring (bicyclic) bond motifs is 1. The smallest absolute Gasteiger partial charge is 0.180 e. The van der Waals surface area contributed by atoms with Crippen LogP contribution in [0.2, 0.25) is 0 Å². The van der Waals surface area contributed by atoms with Crippen molar-refractivity contribution in [2.45, 2.75) is 0 Å². The molecule has 0 radical (unpaired) electrons. The van der Waals surface area contributed by atoms with Gasteiger partial charge in [0.05, 0.1) is 26.1 Å². The van der Waals surface area contributed by atoms with E-state index in [0.29, 0.717) is 45.8 Å². The van der Waals surface area contributed by atoms with Crippen LogP contribution in [0.25, 0.3) is 22.4 Å². The number of benzene rings is 1. The van der Waals surface area contributed by atoms with E-state index in [0.717, 1.165) is 5.56 Å². The fourth-order valence-corrected chi connectivity index (χ4v) is 2.62. The van der Waals surface area contributed by atoms with Gasteiger partial charge in [-0.3, -0.25) is 4.98 Å². The molecule has 0 spiro atoms. The van der Waals surface area contributed by atoms with Gasteiger partial charge < -0.3 is 20.1 Å². The van der Waals surface area contributed by atoms with Crippen molar-refractivity contribution in [1.82, 2.24) is 20.3 Å². The molecule has 0 aliphatic rings. The van der Waals surface area contributed by atoms with Crippen molar-refractivity contribution in [1.29, 1.82) is 0 Å². The van der Waals surface area contributed by atoms with Gasteiger partial charge in [-0.25, -0.2) is 9.97 Å². The molecule has 27 heavy (non-hydrogen) atoms. The lowest BCUT2D eigenvalue weighted by molar-refractivity contribution is 0.355. The molecule has 138 valence electrons. The fourth-order valence-electron chi connectivity index (χ4n) is 2.43. The highest BCUT2D eigenvalue weighted by Gasteiger charge is 2.09. The number of anilines is 1. The van der Waals surface area contributed by atoms with Crippen LogP contribution in [0.5, 0.6) is 11.5 Å². The first-order valence-electron chi connectivity index (χ1n) is 8.16. The number of hydrogen-bond acceptors (Lipinski definition) is 6. The minimum atomic E-state index is 0.464. The van der Waals surface area contributed by atoms with Crippen molar-refractivity contribution in [3.05, 3.63) is 49.2 Å². The molecule has 3 aromatic rings. The first-order valence-corrected chi connectivity index (χ1v) is 8.57. The van der Waals surface area contributed by atoms with Crippen molar-refractivity contribution in [2.75, 3.05) is 26.1 Å². The molecule has 3 rings (SSSR count). The number of nitrogens with zero attached hydrogens (tertiary/aromatic N) is 3. The Hall–Kier alpha value is -3.26. The third kappa shape index (κ3) is 4.29. The highest BCUT2D eigenvalue weighted by Crippen LogP contribution is 2.31. The first kappa shape index (κ1) is 18.5. The number of nitrogens with one attached hydrogen (secondary N) is 2. The van der Waals surface area contributed by atoms with Crippen molar-refractivity contribution in [3.8, 4) is 22.8 Å². The lowest BCUT2D eigenvalue weighted by atomic mass is 10.1. The zero-order valence-electron chi connectivity index (χ0n) is 15.0. The van der Waals surface area contributed by atoms with Gasteiger partial charge in [0.25, 0.3) is 0 Å². The minimum Gasteiger partial charge on any atom is -0.493 e. The number of rotatable bonds is 6. The second-order valence-corrected chi connectivity index (χ2v) is 5.90. The molecule has 0 bridgehead atoms. The molecule has 0 fully saturated rings. The van der Waals surface area contributed by atoms with Crippen LogP contribution in [0.1, 0.15) is 0 Å². The number of aromatic nitrogens is 3. The van der Waals surface area contributed by atoms with Gasteiger partial charge in [0.1, 0.15) is 11.3 Å². The van der Waals surface area contributed by atoms with Crippen LogP contribution >= 0.6 is 12.2 Å². The van der Waals surface area contributed by atoms with Gasteiger partial charge in [-0.2, -0.15) is 0 Å². The summed E-state index contributed by atoms with van der Waals surface area (Å²) in [6.45, 7) is 4.21. The number of ether oxygens (including phenoxy) is 2. The summed E-state index contributed by atoms with van der Waals surface area (Å²) < 4.78 is 10.6. The third-order valence-corrected chi connectivity index (χ3v) is 3.98. The van der Waals surface area contributed by atoms with Gasteiger partial charge >= 0.3 is 0 Å². The van der Waals surface area contributed by atoms with Crippen LogP contribution in [0.3, 0.4) is 0 Å². The molecule has 0 atom stereocenters. The molecule has 1 aromatic carbocycles. The Morgan fingerprint density at radius 3 is 2.70 bits per heavy atom. The first-order chi connectivity index (χ1) is 13.1. The van der Waals surface area contributed by atoms with Crippen LogP contribution in [0, 0.1) is 0 Å². The molecule has 7 nitrogen and oxygen atoms in total. The van der Waals surface area contributed by atoms with Gasteiger partial charge in [-0.05, 0) is 42.5 Å². The molecular weight excluding hydrogens is 362 g/mol. The Morgan fingerprint density at radius 1 is 1.15 bits per heavy atom. The van der Waals surface area contributed by atoms with E-state index in [4.69, 9.17) is 21.7 Å². The summed E-state index contributed by atoms with van der Waals surface area (Å²) in [4.78, 5) is 13.5. The van der Waals surface area contributed by atoms with Gasteiger partial charge in [-0.1, -0.05) is 6.08 Å². The summed E-state index contributed by atoms with van der Waals surface area (Å²) in [6.07, 6.45) is 3.43. The van der Waals surface area contributed by atoms with E-state index in [1.165, 1.54) is 0 Å². The number of thiocarbonyl (C=S) groups is 1. The number of methoxy groups -OCH3 is 2. The fraction of sp³-hybridized carbons (Fsp3) is 0.158. The molecule has 0 amide bonds. The van der Waals surface area contributed by atoms with E-state index in [-0.39, 0.29) is 0 Å². The van der Waals surface area contributed by atoms with Crippen LogP contribution in [0.4, 0.5) is 5.82 Å². The number of hydrogen-bond donors (Lipinski definition) is 2. The van der Waals surface area contributed by atoms with E-state index < -0.39 is 0 Å². The summed E-state index contributed by atoms with van der Waals surface area (Å²) in [6, 6.07) is 9.22. The molecule has 0 saturated carbocycles. The topological polar surface area (TPSA) is 81.2 Å². The highest BCUT2D eigenvalue weighted by molar-refractivity contribution is 7.80. The Bertz CT molecular complexity index is 993. The summed E-state index contributed by atoms with van der Waals surface area (Å²) >= 11 is 5.21. The predicted octanol–water partition coefficient (Wildman–Crippen LogP) is 3.18. The molecule has 0 aliphatic carbocycles. The summed E-state index contributed by atoms with van der Waals surface area (Å²) in [5, 5.41) is 6.47. The molecule has 2 N–H and O–H groups in total. The van der Waals surface area contributed by atoms with Crippen molar-refractivity contribution in [3.63, 3.8) is 0 Å². The van der Waals surface area contributed by atoms with E-state index >= 15 is 0 Å². The maximum absolute atomic E-state index is 5.35. The van der Waals surface area contributed by atoms with Gasteiger partial charge in [0.2, 0.25) is 0 Å². The SMILES string of the molecule is C=CCNC(=S)Nc1ccc2ncc(-c3ccc(OC)c(OC)c3)nc2n1. The Labute approximate surface area is 162 Å². The lowest BCUT2D eigenvalue weighted by Crippen LogP contribution is -2.28. The van der Waals surface area contributed by atoms with E-state index in [1.54, 1.807) is 32.6 Å². The second kappa shape index (κ2) is 8.41. The molecular formula is C19H19N5O2S. The second-order valence-electron chi connectivity index (χ2n) is 5.49. The Kier molecular flexibility index (Phi) is 5.77. The maximum Gasteiger partial charge on any atom is 0.180 e. The maximum atomic E-state index is 5.35. The summed E-state index contributed by atoms with van der Waals surface area (Å²) in [7, 11) is 3.19. The zero-order chi connectivity index (χ0) is 19.2. The molecule has 2 heterocycles.